The highest BCUT2D eigenvalue weighted by Gasteiger charge is 2.02. The highest BCUT2D eigenvalue weighted by atomic mass is 32.1. The monoisotopic (exact) mass is 218 g/mol. The van der Waals surface area contributed by atoms with Crippen LogP contribution in [0.4, 0.5) is 0 Å². The van der Waals surface area contributed by atoms with Crippen LogP contribution in [0.3, 0.4) is 0 Å². The average molecular weight is 218 g/mol. The molecule has 0 saturated heterocycles. The van der Waals surface area contributed by atoms with Crippen molar-refractivity contribution in [3.05, 3.63) is 40.7 Å². The summed E-state index contributed by atoms with van der Waals surface area (Å²) in [5, 5.41) is 6.54. The van der Waals surface area contributed by atoms with E-state index in [2.05, 4.69) is 34.7 Å². The minimum atomic E-state index is 0.869. The van der Waals surface area contributed by atoms with Crippen molar-refractivity contribution in [3.63, 3.8) is 0 Å². The predicted octanol–water partition coefficient (Wildman–Crippen LogP) is 2.92. The van der Waals surface area contributed by atoms with Gasteiger partial charge in [-0.3, -0.25) is 0 Å². The van der Waals surface area contributed by atoms with Crippen LogP contribution in [0.25, 0.3) is 11.3 Å². The van der Waals surface area contributed by atoms with Gasteiger partial charge in [-0.15, -0.1) is 11.3 Å². The maximum absolute atomic E-state index is 4.57. The van der Waals surface area contributed by atoms with Gasteiger partial charge in [0, 0.05) is 17.5 Å². The van der Waals surface area contributed by atoms with Crippen LogP contribution in [0, 0.1) is 0 Å². The van der Waals surface area contributed by atoms with Crippen LogP contribution < -0.4 is 5.32 Å². The molecule has 1 heterocycles. The summed E-state index contributed by atoms with van der Waals surface area (Å²) >= 11 is 1.71. The Balaban J connectivity index is 2.14. The van der Waals surface area contributed by atoms with Gasteiger partial charge in [0.1, 0.15) is 5.01 Å². The standard InChI is InChI=1S/C12H14N2S/c1-2-13-8-12-14-11(9-15-12)10-6-4-3-5-7-10/h3-7,9,13H,2,8H2,1H3. The molecule has 2 nitrogen and oxygen atoms in total. The molecular weight excluding hydrogens is 204 g/mol. The molecule has 0 unspecified atom stereocenters. The highest BCUT2D eigenvalue weighted by molar-refractivity contribution is 7.09. The van der Waals surface area contributed by atoms with E-state index in [9.17, 15) is 0 Å². The van der Waals surface area contributed by atoms with Crippen molar-refractivity contribution in [2.24, 2.45) is 0 Å². The number of nitrogens with zero attached hydrogens (tertiary/aromatic N) is 1. The first-order valence-electron chi connectivity index (χ1n) is 5.10. The number of hydrogen-bond donors (Lipinski definition) is 1. The van der Waals surface area contributed by atoms with Gasteiger partial charge < -0.3 is 5.32 Å². The lowest BCUT2D eigenvalue weighted by molar-refractivity contribution is 0.723. The van der Waals surface area contributed by atoms with Crippen LogP contribution in [0.5, 0.6) is 0 Å². The lowest BCUT2D eigenvalue weighted by atomic mass is 10.2. The Bertz CT molecular complexity index is 409. The summed E-state index contributed by atoms with van der Waals surface area (Å²) in [6, 6.07) is 10.3. The van der Waals surface area contributed by atoms with Crippen LogP contribution in [0.15, 0.2) is 35.7 Å². The van der Waals surface area contributed by atoms with Gasteiger partial charge in [-0.1, -0.05) is 37.3 Å². The molecule has 0 fully saturated rings. The number of thiazole rings is 1. The molecule has 2 rings (SSSR count). The summed E-state index contributed by atoms with van der Waals surface area (Å²) in [6.07, 6.45) is 0. The van der Waals surface area contributed by atoms with E-state index in [1.54, 1.807) is 11.3 Å². The molecular formula is C12H14N2S. The highest BCUT2D eigenvalue weighted by Crippen LogP contribution is 2.21. The van der Waals surface area contributed by atoms with Crippen molar-refractivity contribution < 1.29 is 0 Å². The van der Waals surface area contributed by atoms with Gasteiger partial charge in [0.15, 0.2) is 0 Å². The molecule has 0 spiro atoms. The average Bonchev–Trinajstić information content (AvgIpc) is 2.76. The van der Waals surface area contributed by atoms with Gasteiger partial charge in [-0.05, 0) is 6.54 Å². The second kappa shape index (κ2) is 5.05. The molecule has 1 aromatic heterocycles. The number of rotatable bonds is 4. The second-order valence-corrected chi connectivity index (χ2v) is 4.22. The van der Waals surface area contributed by atoms with Gasteiger partial charge in [-0.25, -0.2) is 4.98 Å². The lowest BCUT2D eigenvalue weighted by Crippen LogP contribution is -2.11. The SMILES string of the molecule is CCNCc1nc(-c2ccccc2)cs1. The number of nitrogens with one attached hydrogen (secondary N) is 1. The van der Waals surface area contributed by atoms with Crippen molar-refractivity contribution in [2.45, 2.75) is 13.5 Å². The summed E-state index contributed by atoms with van der Waals surface area (Å²) in [6.45, 7) is 3.96. The van der Waals surface area contributed by atoms with E-state index in [1.165, 1.54) is 5.56 Å². The summed E-state index contributed by atoms with van der Waals surface area (Å²) in [7, 11) is 0. The van der Waals surface area contributed by atoms with Crippen LogP contribution in [-0.2, 0) is 6.54 Å². The molecule has 2 aromatic rings. The summed E-state index contributed by atoms with van der Waals surface area (Å²) in [5.74, 6) is 0. The zero-order chi connectivity index (χ0) is 10.5. The van der Waals surface area contributed by atoms with Crippen LogP contribution in [0.1, 0.15) is 11.9 Å². The van der Waals surface area contributed by atoms with E-state index >= 15 is 0 Å². The van der Waals surface area contributed by atoms with Gasteiger partial charge in [-0.2, -0.15) is 0 Å². The fraction of sp³-hybridized carbons (Fsp3) is 0.250. The molecule has 78 valence electrons. The molecule has 0 aliphatic heterocycles. The van der Waals surface area contributed by atoms with Crippen LogP contribution >= 0.6 is 11.3 Å². The van der Waals surface area contributed by atoms with Gasteiger partial charge in [0.25, 0.3) is 0 Å². The third kappa shape index (κ3) is 2.64. The lowest BCUT2D eigenvalue weighted by Gasteiger charge is -1.96. The number of aromatic nitrogens is 1. The van der Waals surface area contributed by atoms with E-state index < -0.39 is 0 Å². The summed E-state index contributed by atoms with van der Waals surface area (Å²) < 4.78 is 0. The maximum Gasteiger partial charge on any atom is 0.107 e. The quantitative estimate of drug-likeness (QED) is 0.853. The smallest absolute Gasteiger partial charge is 0.107 e. The molecule has 0 aliphatic carbocycles. The zero-order valence-corrected chi connectivity index (χ0v) is 9.55. The van der Waals surface area contributed by atoms with Crippen molar-refractivity contribution in [3.8, 4) is 11.3 Å². The molecule has 0 bridgehead atoms. The fourth-order valence-corrected chi connectivity index (χ4v) is 2.14. The second-order valence-electron chi connectivity index (χ2n) is 3.27. The van der Waals surface area contributed by atoms with E-state index in [0.717, 1.165) is 23.8 Å². The Kier molecular flexibility index (Phi) is 3.48. The Morgan fingerprint density at radius 2 is 2.07 bits per heavy atom. The Labute approximate surface area is 94.0 Å². The minimum Gasteiger partial charge on any atom is -0.311 e. The van der Waals surface area contributed by atoms with Gasteiger partial charge in [0.2, 0.25) is 0 Å². The first-order chi connectivity index (χ1) is 7.40. The summed E-state index contributed by atoms with van der Waals surface area (Å²) in [4.78, 5) is 4.57. The largest absolute Gasteiger partial charge is 0.311 e. The third-order valence-corrected chi connectivity index (χ3v) is 3.00. The molecule has 0 amide bonds. The molecule has 3 heteroatoms. The molecule has 0 radical (unpaired) electrons. The maximum atomic E-state index is 4.57. The van der Waals surface area contributed by atoms with E-state index in [0.29, 0.717) is 0 Å². The molecule has 0 aliphatic rings. The Morgan fingerprint density at radius 3 is 2.80 bits per heavy atom. The predicted molar refractivity (Wildman–Crippen MR) is 64.9 cm³/mol. The van der Waals surface area contributed by atoms with Gasteiger partial charge >= 0.3 is 0 Å². The molecule has 1 aromatic carbocycles. The minimum absolute atomic E-state index is 0.869. The molecule has 1 N–H and O–H groups in total. The molecule has 0 saturated carbocycles. The van der Waals surface area contributed by atoms with Gasteiger partial charge in [0.05, 0.1) is 5.69 Å². The third-order valence-electron chi connectivity index (χ3n) is 2.15. The molecule has 0 atom stereocenters. The summed E-state index contributed by atoms with van der Waals surface area (Å²) in [5.41, 5.74) is 2.27. The number of benzene rings is 1. The van der Waals surface area contributed by atoms with Crippen molar-refractivity contribution in [2.75, 3.05) is 6.54 Å². The first kappa shape index (κ1) is 10.3. The van der Waals surface area contributed by atoms with Crippen molar-refractivity contribution in [1.29, 1.82) is 0 Å². The Hall–Kier alpha value is -1.19. The van der Waals surface area contributed by atoms with E-state index in [1.807, 2.05) is 18.2 Å². The fourth-order valence-electron chi connectivity index (χ4n) is 1.37. The van der Waals surface area contributed by atoms with E-state index in [4.69, 9.17) is 0 Å². The van der Waals surface area contributed by atoms with Crippen LogP contribution in [0.2, 0.25) is 0 Å². The first-order valence-corrected chi connectivity index (χ1v) is 5.98. The Morgan fingerprint density at radius 1 is 1.27 bits per heavy atom. The van der Waals surface area contributed by atoms with Crippen LogP contribution in [-0.4, -0.2) is 11.5 Å². The topological polar surface area (TPSA) is 24.9 Å². The zero-order valence-electron chi connectivity index (χ0n) is 8.73. The number of hydrogen-bond acceptors (Lipinski definition) is 3. The normalized spacial score (nSPS) is 10.5. The molecule has 15 heavy (non-hydrogen) atoms. The van der Waals surface area contributed by atoms with Crippen molar-refractivity contribution in [1.82, 2.24) is 10.3 Å². The van der Waals surface area contributed by atoms with E-state index in [-0.39, 0.29) is 0 Å². The van der Waals surface area contributed by atoms with Crippen molar-refractivity contribution >= 4 is 11.3 Å².